The molecule has 2 heterocycles. The van der Waals surface area contributed by atoms with Gasteiger partial charge in [-0.1, -0.05) is 63.7 Å². The van der Waals surface area contributed by atoms with Gasteiger partial charge in [-0.05, 0) is 101 Å². The van der Waals surface area contributed by atoms with Gasteiger partial charge in [0.15, 0.2) is 12.6 Å². The standard InChI is InChI=1S/C17H27BO4.C11H13BrO2.C6H5BrO.CH4.B21/c1-3-12-20-18(21-13-4-2)15-9-5-6-10-16(15)22-17-11-7-8-14-19-17;12-9-5-1-2-6-10(9)14-11-7-3-4-8-13-11;7-5-3-1-2-4-6(5)8;;1-12-18(13(2)3)21(19(14(4)5)15(6)7)20(16(8)9)17(10)11/h5-6,9-10,17H,3-4,7-8,11-14H2,1-2H3;1-2,5-6,11H,3-4,7-8H2;1-4,8H;1H4;. The lowest BCUT2D eigenvalue weighted by Gasteiger charge is -2.43. The molecule has 2 saturated heterocycles. The van der Waals surface area contributed by atoms with E-state index in [1.165, 1.54) is 13.5 Å². The average molecular weight is 979 g/mol. The lowest BCUT2D eigenvalue weighted by Crippen LogP contribution is -2.81. The third kappa shape index (κ3) is 23.5. The van der Waals surface area contributed by atoms with Gasteiger partial charge in [0.2, 0.25) is 0 Å². The summed E-state index contributed by atoms with van der Waals surface area (Å²) >= 11 is 6.59. The van der Waals surface area contributed by atoms with Gasteiger partial charge in [0.1, 0.15) is 17.2 Å². The Balaban J connectivity index is 0.000000460. The summed E-state index contributed by atoms with van der Waals surface area (Å²) in [5.41, 5.74) is 0.943. The van der Waals surface area contributed by atoms with Crippen LogP contribution in [-0.2, 0) is 18.8 Å². The fourth-order valence-corrected chi connectivity index (χ4v) is 7.83. The number of benzene rings is 3. The van der Waals surface area contributed by atoms with Crippen molar-refractivity contribution in [3.8, 4) is 17.2 Å². The lowest BCUT2D eigenvalue weighted by molar-refractivity contribution is -0.106. The molecule has 0 aromatic heterocycles. The highest BCUT2D eigenvalue weighted by Crippen LogP contribution is 2.27. The van der Waals surface area contributed by atoms with Crippen LogP contribution in [0.3, 0.4) is 0 Å². The van der Waals surface area contributed by atoms with Crippen LogP contribution in [0.1, 0.15) is 72.6 Å². The maximum atomic E-state index is 8.87. The summed E-state index contributed by atoms with van der Waals surface area (Å²) in [6.45, 7) is 7.11. The zero-order valence-electron chi connectivity index (χ0n) is 37.9. The summed E-state index contributed by atoms with van der Waals surface area (Å²) in [5.74, 6) is 1.94. The summed E-state index contributed by atoms with van der Waals surface area (Å²) in [4.78, 5) is 0. The molecule has 0 bridgehead atoms. The maximum absolute atomic E-state index is 8.87. The highest BCUT2D eigenvalue weighted by atomic mass is 79.9. The Morgan fingerprint density at radius 1 is 0.591 bits per heavy atom. The van der Waals surface area contributed by atoms with Gasteiger partial charge in [-0.3, -0.25) is 0 Å². The normalized spacial score (nSPS) is 14.7. The Hall–Kier alpha value is -0.711. The Bertz CT molecular complexity index is 1630. The fourth-order valence-electron chi connectivity index (χ4n) is 7.17. The molecule has 7 nitrogen and oxygen atoms in total. The second kappa shape index (κ2) is 36.2. The van der Waals surface area contributed by atoms with Crippen molar-refractivity contribution >= 4 is 194 Å². The summed E-state index contributed by atoms with van der Waals surface area (Å²) in [6, 6.07) is 22.8. The topological polar surface area (TPSA) is 75.6 Å². The van der Waals surface area contributed by atoms with Crippen LogP contribution in [0.15, 0.2) is 81.7 Å². The molecule has 2 unspecified atom stereocenters. The number of rotatable bonds is 20. The molecule has 3 aromatic rings. The third-order valence-corrected chi connectivity index (χ3v) is 11.7. The van der Waals surface area contributed by atoms with Crippen molar-refractivity contribution in [3.05, 3.63) is 81.7 Å². The molecule has 1 N–H and O–H groups in total. The van der Waals surface area contributed by atoms with E-state index in [0.29, 0.717) is 13.2 Å². The minimum absolute atomic E-state index is 0. The number of phenolic OH excluding ortho intramolecular Hbond substituents is 1. The summed E-state index contributed by atoms with van der Waals surface area (Å²) in [7, 11) is 64.4. The van der Waals surface area contributed by atoms with Crippen LogP contribution in [0.5, 0.6) is 17.2 Å². The van der Waals surface area contributed by atoms with Crippen molar-refractivity contribution in [2.45, 2.75) is 85.2 Å². The van der Waals surface area contributed by atoms with Gasteiger partial charge >= 0.3 is 7.12 Å². The van der Waals surface area contributed by atoms with E-state index in [9.17, 15) is 0 Å². The minimum Gasteiger partial charge on any atom is -0.507 e. The van der Waals surface area contributed by atoms with Crippen molar-refractivity contribution in [2.75, 3.05) is 26.4 Å². The minimum atomic E-state index is -0.879. The number of ether oxygens (including phenoxy) is 4. The van der Waals surface area contributed by atoms with Crippen LogP contribution in [0.2, 0.25) is 0 Å². The van der Waals surface area contributed by atoms with Crippen LogP contribution in [-0.4, -0.2) is 201 Å². The van der Waals surface area contributed by atoms with Crippen molar-refractivity contribution < 1.29 is 33.4 Å². The van der Waals surface area contributed by atoms with Gasteiger partial charge < -0.3 is 33.4 Å². The van der Waals surface area contributed by atoms with Gasteiger partial charge in [-0.15, -0.1) is 0 Å². The molecule has 2 aliphatic heterocycles. The summed E-state index contributed by atoms with van der Waals surface area (Å²) < 4.78 is 36.4. The summed E-state index contributed by atoms with van der Waals surface area (Å²) in [6.07, 6.45) is 1.44. The zero-order chi connectivity index (χ0) is 48.3. The summed E-state index contributed by atoms with van der Waals surface area (Å²) in [5, 5.41) is 8.87. The molecule has 31 heteroatoms. The smallest absolute Gasteiger partial charge is 0.497 e. The second-order valence-electron chi connectivity index (χ2n) is 15.7. The first-order valence-electron chi connectivity index (χ1n) is 22.2. The first kappa shape index (κ1) is 63.3. The predicted molar refractivity (Wildman–Crippen MR) is 310 cm³/mol. The van der Waals surface area contributed by atoms with Gasteiger partial charge in [0, 0.05) is 181 Å². The average Bonchev–Trinajstić information content (AvgIpc) is 3.27. The molecule has 311 valence electrons. The van der Waals surface area contributed by atoms with E-state index in [1.54, 1.807) is 18.2 Å². The number of hydrogen-bond donors (Lipinski definition) is 1. The van der Waals surface area contributed by atoms with E-state index in [4.69, 9.17) is 118 Å². The van der Waals surface area contributed by atoms with Crippen molar-refractivity contribution in [1.82, 2.24) is 0 Å². The number of para-hydroxylation sites is 3. The van der Waals surface area contributed by atoms with Gasteiger partial charge in [-0.2, -0.15) is 0 Å². The Labute approximate surface area is 435 Å². The predicted octanol–water partition coefficient (Wildman–Crippen LogP) is 1.29. The molecular weight excluding hydrogens is 930 g/mol. The van der Waals surface area contributed by atoms with Crippen LogP contribution in [0.25, 0.3) is 0 Å². The highest BCUT2D eigenvalue weighted by molar-refractivity contribution is 9.11. The second-order valence-corrected chi connectivity index (χ2v) is 17.4. The van der Waals surface area contributed by atoms with Crippen LogP contribution in [0.4, 0.5) is 0 Å². The first-order valence-corrected chi connectivity index (χ1v) is 23.8. The molecule has 5 rings (SSSR count). The Morgan fingerprint density at radius 2 is 1.02 bits per heavy atom. The van der Waals surface area contributed by atoms with Gasteiger partial charge in [0.25, 0.3) is 0 Å². The number of hydrogen-bond acceptors (Lipinski definition) is 7. The first-order chi connectivity index (χ1) is 31.1. The number of halogens is 2. The van der Waals surface area contributed by atoms with E-state index in [1.807, 2.05) is 54.6 Å². The molecule has 66 heavy (non-hydrogen) atoms. The molecular formula is C35H49B22Br2O7. The molecule has 0 amide bonds. The number of aromatic hydroxyl groups is 1. The monoisotopic (exact) mass is 981 g/mol. The van der Waals surface area contributed by atoms with Crippen LogP contribution < -0.4 is 14.9 Å². The molecule has 0 spiro atoms. The third-order valence-electron chi connectivity index (χ3n) is 10.4. The van der Waals surface area contributed by atoms with E-state index < -0.39 is 57.5 Å². The molecule has 3 aromatic carbocycles. The molecule has 2 atom stereocenters. The van der Waals surface area contributed by atoms with Gasteiger partial charge in [-0.25, -0.2) is 0 Å². The quantitative estimate of drug-likeness (QED) is 0.172. The molecule has 23 radical (unpaired) electrons. The Morgan fingerprint density at radius 3 is 1.38 bits per heavy atom. The van der Waals surface area contributed by atoms with E-state index in [-0.39, 0.29) is 32.9 Å². The largest absolute Gasteiger partial charge is 0.507 e. The highest BCUT2D eigenvalue weighted by Gasteiger charge is 2.45. The molecule has 0 saturated carbocycles. The van der Waals surface area contributed by atoms with E-state index >= 15 is 0 Å². The lowest BCUT2D eigenvalue weighted by atomic mass is 8.38. The van der Waals surface area contributed by atoms with Gasteiger partial charge in [0.05, 0.1) is 22.2 Å². The van der Waals surface area contributed by atoms with E-state index in [0.717, 1.165) is 84.1 Å². The van der Waals surface area contributed by atoms with Crippen LogP contribution in [0, 0.1) is 0 Å². The van der Waals surface area contributed by atoms with Crippen molar-refractivity contribution in [1.29, 1.82) is 0 Å². The number of phenols is 1. The van der Waals surface area contributed by atoms with E-state index in [2.05, 4.69) is 45.7 Å². The molecule has 0 aliphatic carbocycles. The fraction of sp³-hybridized carbons (Fsp3) is 0.486. The van der Waals surface area contributed by atoms with Crippen LogP contribution >= 0.6 is 31.9 Å². The molecule has 2 aliphatic rings. The maximum Gasteiger partial charge on any atom is 0.497 e. The van der Waals surface area contributed by atoms with Crippen molar-refractivity contribution in [2.24, 2.45) is 0 Å². The molecule has 2 fully saturated rings. The SMILES string of the molecule is Brc1ccccc1OC1CCCCO1.C.CCCOB(OCCC)c1ccccc1OC1CCCCO1.Oc1ccccc1Br.[B][B]B(B([B])[B])B(B(B([B])[B])B([B])[B])B(B([B])[B])B([B])[B]. The zero-order valence-corrected chi connectivity index (χ0v) is 41.1. The van der Waals surface area contributed by atoms with Crippen molar-refractivity contribution in [3.63, 3.8) is 0 Å². The Kier molecular flexibility index (Phi) is 34.8.